The van der Waals surface area contributed by atoms with Crippen molar-refractivity contribution in [2.75, 3.05) is 18.5 Å². The molecule has 0 saturated heterocycles. The summed E-state index contributed by atoms with van der Waals surface area (Å²) >= 11 is 1.79. The molecule has 3 N–H and O–H groups in total. The Kier molecular flexibility index (Phi) is 5.22. The molecule has 1 aliphatic rings. The van der Waals surface area contributed by atoms with Crippen molar-refractivity contribution in [1.29, 1.82) is 0 Å². The monoisotopic (exact) mass is 328 g/mol. The van der Waals surface area contributed by atoms with Crippen LogP contribution in [0.5, 0.6) is 0 Å². The minimum atomic E-state index is -3.47. The first-order chi connectivity index (χ1) is 9.88. The molecule has 21 heavy (non-hydrogen) atoms. The highest BCUT2D eigenvalue weighted by atomic mass is 32.2. The summed E-state index contributed by atoms with van der Waals surface area (Å²) in [5.74, 6) is 0. The van der Waals surface area contributed by atoms with Crippen molar-refractivity contribution in [3.63, 3.8) is 0 Å². The Bertz CT molecular complexity index is 594. The van der Waals surface area contributed by atoms with E-state index in [4.69, 9.17) is 5.73 Å². The highest BCUT2D eigenvalue weighted by Gasteiger charge is 2.32. The van der Waals surface area contributed by atoms with Gasteiger partial charge in [-0.25, -0.2) is 13.1 Å². The van der Waals surface area contributed by atoms with Crippen molar-refractivity contribution in [1.82, 2.24) is 4.72 Å². The predicted octanol–water partition coefficient (Wildman–Crippen LogP) is 2.92. The van der Waals surface area contributed by atoms with Crippen LogP contribution in [0.25, 0.3) is 0 Å². The van der Waals surface area contributed by atoms with Crippen LogP contribution in [0.3, 0.4) is 0 Å². The quantitative estimate of drug-likeness (QED) is 0.815. The van der Waals surface area contributed by atoms with E-state index >= 15 is 0 Å². The number of rotatable bonds is 5. The summed E-state index contributed by atoms with van der Waals surface area (Å²) in [6.45, 7) is 2.32. The zero-order valence-corrected chi connectivity index (χ0v) is 14.3. The molecular weight excluding hydrogens is 304 g/mol. The summed E-state index contributed by atoms with van der Waals surface area (Å²) in [5.41, 5.74) is 7.15. The number of hydrogen-bond donors (Lipinski definition) is 2. The van der Waals surface area contributed by atoms with Gasteiger partial charge in [-0.2, -0.15) is 11.8 Å². The largest absolute Gasteiger partial charge is 0.399 e. The summed E-state index contributed by atoms with van der Waals surface area (Å²) < 4.78 is 27.7. The van der Waals surface area contributed by atoms with Crippen molar-refractivity contribution < 1.29 is 8.42 Å². The van der Waals surface area contributed by atoms with E-state index in [1.165, 1.54) is 19.3 Å². The van der Waals surface area contributed by atoms with Crippen LogP contribution in [0.15, 0.2) is 23.1 Å². The van der Waals surface area contributed by atoms with Gasteiger partial charge in [-0.05, 0) is 49.8 Å². The molecule has 1 aliphatic carbocycles. The smallest absolute Gasteiger partial charge is 0.240 e. The third-order valence-corrected chi connectivity index (χ3v) is 7.15. The molecule has 0 atom stereocenters. The summed E-state index contributed by atoms with van der Waals surface area (Å²) in [6, 6.07) is 4.84. The van der Waals surface area contributed by atoms with E-state index < -0.39 is 10.0 Å². The number of nitrogen functional groups attached to an aromatic ring is 1. The van der Waals surface area contributed by atoms with Gasteiger partial charge in [-0.3, -0.25) is 0 Å². The lowest BCUT2D eigenvalue weighted by Crippen LogP contribution is -2.41. The Balaban J connectivity index is 2.11. The molecule has 0 spiro atoms. The van der Waals surface area contributed by atoms with Crippen LogP contribution in [0.1, 0.15) is 37.7 Å². The minimum absolute atomic E-state index is 0.0498. The van der Waals surface area contributed by atoms with Crippen molar-refractivity contribution in [2.24, 2.45) is 0 Å². The molecule has 1 fully saturated rings. The maximum absolute atomic E-state index is 12.4. The molecule has 118 valence electrons. The SMILES string of the molecule is CSC1(CNS(=O)(=O)c2ccc(N)c(C)c2)CCCCC1. The van der Waals surface area contributed by atoms with E-state index in [1.807, 2.05) is 6.92 Å². The summed E-state index contributed by atoms with van der Waals surface area (Å²) in [5, 5.41) is 0. The number of nitrogens with one attached hydrogen (secondary N) is 1. The molecule has 0 aromatic heterocycles. The molecule has 0 amide bonds. The van der Waals surface area contributed by atoms with Crippen LogP contribution < -0.4 is 10.5 Å². The Morgan fingerprint density at radius 1 is 1.29 bits per heavy atom. The summed E-state index contributed by atoms with van der Waals surface area (Å²) in [7, 11) is -3.47. The highest BCUT2D eigenvalue weighted by molar-refractivity contribution is 8.00. The van der Waals surface area contributed by atoms with Gasteiger partial charge in [0.05, 0.1) is 4.90 Å². The van der Waals surface area contributed by atoms with Crippen LogP contribution in [-0.2, 0) is 10.0 Å². The van der Waals surface area contributed by atoms with Gasteiger partial charge in [0.2, 0.25) is 10.0 Å². The summed E-state index contributed by atoms with van der Waals surface area (Å²) in [4.78, 5) is 0.293. The fourth-order valence-electron chi connectivity index (χ4n) is 2.77. The lowest BCUT2D eigenvalue weighted by atomic mass is 9.88. The second-order valence-corrected chi connectivity index (χ2v) is 8.83. The molecule has 4 nitrogen and oxygen atoms in total. The first-order valence-electron chi connectivity index (χ1n) is 7.29. The normalized spacial score (nSPS) is 18.6. The van der Waals surface area contributed by atoms with E-state index in [2.05, 4.69) is 11.0 Å². The minimum Gasteiger partial charge on any atom is -0.399 e. The average molecular weight is 329 g/mol. The molecule has 6 heteroatoms. The van der Waals surface area contributed by atoms with Crippen LogP contribution in [0.4, 0.5) is 5.69 Å². The van der Waals surface area contributed by atoms with Gasteiger partial charge < -0.3 is 5.73 Å². The van der Waals surface area contributed by atoms with Gasteiger partial charge in [0.15, 0.2) is 0 Å². The third kappa shape index (κ3) is 3.93. The molecule has 0 bridgehead atoms. The molecule has 2 rings (SSSR count). The van der Waals surface area contributed by atoms with Gasteiger partial charge >= 0.3 is 0 Å². The molecule has 1 aromatic rings. The van der Waals surface area contributed by atoms with E-state index in [0.29, 0.717) is 17.1 Å². The molecule has 1 aromatic carbocycles. The van der Waals surface area contributed by atoms with E-state index in [0.717, 1.165) is 18.4 Å². The molecular formula is C15H24N2O2S2. The van der Waals surface area contributed by atoms with E-state index in [1.54, 1.807) is 30.0 Å². The Morgan fingerprint density at radius 2 is 1.95 bits per heavy atom. The van der Waals surface area contributed by atoms with Crippen molar-refractivity contribution >= 4 is 27.5 Å². The summed E-state index contributed by atoms with van der Waals surface area (Å²) in [6.07, 6.45) is 7.86. The van der Waals surface area contributed by atoms with Crippen LogP contribution >= 0.6 is 11.8 Å². The first kappa shape index (κ1) is 16.6. The number of sulfonamides is 1. The lowest BCUT2D eigenvalue weighted by Gasteiger charge is -2.35. The topological polar surface area (TPSA) is 72.2 Å². The number of nitrogens with two attached hydrogens (primary N) is 1. The fourth-order valence-corrected chi connectivity index (χ4v) is 4.99. The molecule has 0 radical (unpaired) electrons. The van der Waals surface area contributed by atoms with Crippen LogP contribution in [0.2, 0.25) is 0 Å². The second kappa shape index (κ2) is 6.58. The van der Waals surface area contributed by atoms with Gasteiger partial charge in [0, 0.05) is 17.0 Å². The molecule has 0 heterocycles. The van der Waals surface area contributed by atoms with Crippen molar-refractivity contribution in [3.05, 3.63) is 23.8 Å². The van der Waals surface area contributed by atoms with Crippen LogP contribution in [-0.4, -0.2) is 26.0 Å². The Labute approximate surface area is 131 Å². The van der Waals surface area contributed by atoms with Gasteiger partial charge in [-0.1, -0.05) is 19.3 Å². The second-order valence-electron chi connectivity index (χ2n) is 5.79. The maximum Gasteiger partial charge on any atom is 0.240 e. The van der Waals surface area contributed by atoms with Crippen molar-refractivity contribution in [2.45, 2.75) is 48.7 Å². The first-order valence-corrected chi connectivity index (χ1v) is 10.0. The van der Waals surface area contributed by atoms with Gasteiger partial charge in [0.1, 0.15) is 0 Å². The number of thioether (sulfide) groups is 1. The van der Waals surface area contributed by atoms with E-state index in [9.17, 15) is 8.42 Å². The number of anilines is 1. The number of benzene rings is 1. The highest BCUT2D eigenvalue weighted by Crippen LogP contribution is 2.38. The molecule has 1 saturated carbocycles. The predicted molar refractivity (Wildman–Crippen MR) is 90.1 cm³/mol. The zero-order chi connectivity index (χ0) is 15.5. The molecule has 0 aliphatic heterocycles. The Hall–Kier alpha value is -0.720. The average Bonchev–Trinajstić information content (AvgIpc) is 2.49. The molecule has 0 unspecified atom stereocenters. The third-order valence-electron chi connectivity index (χ3n) is 4.33. The zero-order valence-electron chi connectivity index (χ0n) is 12.7. The van der Waals surface area contributed by atoms with Crippen molar-refractivity contribution in [3.8, 4) is 0 Å². The maximum atomic E-state index is 12.4. The fraction of sp³-hybridized carbons (Fsp3) is 0.600. The van der Waals surface area contributed by atoms with Gasteiger partial charge in [-0.15, -0.1) is 0 Å². The number of hydrogen-bond acceptors (Lipinski definition) is 4. The number of aryl methyl sites for hydroxylation is 1. The lowest BCUT2D eigenvalue weighted by molar-refractivity contribution is 0.395. The standard InChI is InChI=1S/C15H24N2O2S2/c1-12-10-13(6-7-14(12)16)21(18,19)17-11-15(20-2)8-4-3-5-9-15/h6-7,10,17H,3-5,8-9,11,16H2,1-2H3. The Morgan fingerprint density at radius 3 is 2.52 bits per heavy atom. The van der Waals surface area contributed by atoms with E-state index in [-0.39, 0.29) is 4.75 Å². The van der Waals surface area contributed by atoms with Crippen LogP contribution in [0, 0.1) is 6.92 Å². The van der Waals surface area contributed by atoms with Gasteiger partial charge in [0.25, 0.3) is 0 Å².